The van der Waals surface area contributed by atoms with E-state index in [1.54, 1.807) is 12.1 Å². The van der Waals surface area contributed by atoms with Crippen molar-refractivity contribution in [3.8, 4) is 0 Å². The highest BCUT2D eigenvalue weighted by molar-refractivity contribution is 7.89. The predicted octanol–water partition coefficient (Wildman–Crippen LogP) is 2.51. The Morgan fingerprint density at radius 1 is 1.19 bits per heavy atom. The second-order valence-electron chi connectivity index (χ2n) is 7.03. The van der Waals surface area contributed by atoms with Crippen LogP contribution in [0.2, 0.25) is 0 Å². The number of aromatic nitrogens is 2. The summed E-state index contributed by atoms with van der Waals surface area (Å²) in [6.07, 6.45) is 0.219. The van der Waals surface area contributed by atoms with Crippen molar-refractivity contribution >= 4 is 26.9 Å². The van der Waals surface area contributed by atoms with Gasteiger partial charge in [0.25, 0.3) is 5.56 Å². The summed E-state index contributed by atoms with van der Waals surface area (Å²) in [5, 5.41) is 0.459. The molecule has 0 radical (unpaired) electrons. The van der Waals surface area contributed by atoms with Gasteiger partial charge in [-0.3, -0.25) is 9.59 Å². The Hall–Kier alpha value is -3.11. The van der Waals surface area contributed by atoms with Crippen molar-refractivity contribution in [3.05, 3.63) is 70.0 Å². The Bertz CT molecular complexity index is 1260. The summed E-state index contributed by atoms with van der Waals surface area (Å²) >= 11 is 0. The molecule has 1 aromatic heterocycles. The number of nitrogens with zero attached hydrogens (tertiary/aromatic N) is 2. The molecule has 164 valence electrons. The van der Waals surface area contributed by atoms with E-state index in [9.17, 15) is 22.4 Å². The van der Waals surface area contributed by atoms with Gasteiger partial charge in [0.2, 0.25) is 10.0 Å². The van der Waals surface area contributed by atoms with Crippen LogP contribution in [-0.4, -0.2) is 42.3 Å². The highest BCUT2D eigenvalue weighted by Crippen LogP contribution is 2.16. The number of aromatic amines is 1. The van der Waals surface area contributed by atoms with Gasteiger partial charge in [-0.15, -0.1) is 0 Å². The van der Waals surface area contributed by atoms with Gasteiger partial charge in [-0.25, -0.2) is 22.1 Å². The fourth-order valence-electron chi connectivity index (χ4n) is 2.99. The third kappa shape index (κ3) is 5.33. The first-order valence-corrected chi connectivity index (χ1v) is 11.0. The Morgan fingerprint density at radius 2 is 1.90 bits per heavy atom. The molecule has 1 N–H and O–H groups in total. The average Bonchev–Trinajstić information content (AvgIpc) is 2.73. The number of rotatable bonds is 8. The number of nitrogens with one attached hydrogen (secondary N) is 1. The van der Waals surface area contributed by atoms with E-state index in [1.165, 1.54) is 19.2 Å². The van der Waals surface area contributed by atoms with Crippen LogP contribution in [0.25, 0.3) is 10.9 Å². The summed E-state index contributed by atoms with van der Waals surface area (Å²) in [6.45, 7) is 1.72. The third-order valence-corrected chi connectivity index (χ3v) is 6.60. The highest BCUT2D eigenvalue weighted by atomic mass is 32.2. The molecule has 0 atom stereocenters. The second-order valence-corrected chi connectivity index (χ2v) is 9.07. The van der Waals surface area contributed by atoms with Crippen molar-refractivity contribution in [2.45, 2.75) is 31.3 Å². The summed E-state index contributed by atoms with van der Waals surface area (Å²) in [5.41, 5.74) is 1.07. The first-order valence-electron chi connectivity index (χ1n) is 9.54. The highest BCUT2D eigenvalue weighted by Gasteiger charge is 2.20. The second kappa shape index (κ2) is 9.36. The maximum absolute atomic E-state index is 13.0. The van der Waals surface area contributed by atoms with Gasteiger partial charge in [-0.2, -0.15) is 0 Å². The minimum absolute atomic E-state index is 0.0138. The van der Waals surface area contributed by atoms with E-state index in [-0.39, 0.29) is 42.3 Å². The van der Waals surface area contributed by atoms with Gasteiger partial charge in [0.15, 0.2) is 0 Å². The number of carbonyl (C=O) groups is 1. The molecule has 8 nitrogen and oxygen atoms in total. The first kappa shape index (κ1) is 22.6. The van der Waals surface area contributed by atoms with E-state index in [4.69, 9.17) is 4.74 Å². The summed E-state index contributed by atoms with van der Waals surface area (Å²) in [7, 11) is -2.39. The molecule has 31 heavy (non-hydrogen) atoms. The molecule has 0 aliphatic heterocycles. The molecule has 0 bridgehead atoms. The van der Waals surface area contributed by atoms with Gasteiger partial charge < -0.3 is 9.72 Å². The number of ether oxygens (including phenoxy) is 1. The SMILES string of the molecule is Cc1cccc2c(=O)[nH]c(COC(=O)CCCN(C)S(=O)(=O)c3ccc(F)cc3)nc12. The van der Waals surface area contributed by atoms with Crippen LogP contribution < -0.4 is 5.56 Å². The summed E-state index contributed by atoms with van der Waals surface area (Å²) < 4.78 is 44.1. The fourth-order valence-corrected chi connectivity index (χ4v) is 4.20. The lowest BCUT2D eigenvalue weighted by Crippen LogP contribution is -2.28. The maximum Gasteiger partial charge on any atom is 0.306 e. The first-order chi connectivity index (χ1) is 14.7. The van der Waals surface area contributed by atoms with Crippen molar-refractivity contribution in [3.63, 3.8) is 0 Å². The molecule has 2 aromatic carbocycles. The number of halogens is 1. The number of fused-ring (bicyclic) bond motifs is 1. The lowest BCUT2D eigenvalue weighted by molar-refractivity contribution is -0.145. The monoisotopic (exact) mass is 447 g/mol. The number of hydrogen-bond donors (Lipinski definition) is 1. The largest absolute Gasteiger partial charge is 0.458 e. The number of benzene rings is 2. The number of carbonyl (C=O) groups excluding carboxylic acids is 1. The molecule has 10 heteroatoms. The molecular weight excluding hydrogens is 425 g/mol. The molecule has 0 spiro atoms. The van der Waals surface area contributed by atoms with Crippen LogP contribution in [0.1, 0.15) is 24.2 Å². The van der Waals surface area contributed by atoms with Gasteiger partial charge in [-0.1, -0.05) is 12.1 Å². The smallest absolute Gasteiger partial charge is 0.306 e. The van der Waals surface area contributed by atoms with E-state index < -0.39 is 21.8 Å². The van der Waals surface area contributed by atoms with E-state index >= 15 is 0 Å². The molecule has 3 rings (SSSR count). The molecule has 0 amide bonds. The molecule has 0 fully saturated rings. The number of sulfonamides is 1. The normalized spacial score (nSPS) is 11.7. The zero-order valence-corrected chi connectivity index (χ0v) is 17.9. The minimum atomic E-state index is -3.77. The van der Waals surface area contributed by atoms with Crippen LogP contribution in [0.15, 0.2) is 52.2 Å². The van der Waals surface area contributed by atoms with Crippen molar-refractivity contribution in [1.82, 2.24) is 14.3 Å². The standard InChI is InChI=1S/C21H22FN3O5S/c1-14-5-3-6-17-20(14)23-18(24-21(17)27)13-30-19(26)7-4-12-25(2)31(28,29)16-10-8-15(22)9-11-16/h3,5-6,8-11H,4,7,12-13H2,1-2H3,(H,23,24,27). The van der Waals surface area contributed by atoms with Crippen molar-refractivity contribution in [2.75, 3.05) is 13.6 Å². The lowest BCUT2D eigenvalue weighted by atomic mass is 10.1. The number of hydrogen-bond acceptors (Lipinski definition) is 6. The topological polar surface area (TPSA) is 109 Å². The number of H-pyrrole nitrogens is 1. The van der Waals surface area contributed by atoms with Crippen LogP contribution in [0.5, 0.6) is 0 Å². The van der Waals surface area contributed by atoms with E-state index in [1.807, 2.05) is 13.0 Å². The fraction of sp³-hybridized carbons (Fsp3) is 0.286. The van der Waals surface area contributed by atoms with E-state index in [0.717, 1.165) is 22.0 Å². The zero-order valence-electron chi connectivity index (χ0n) is 17.1. The van der Waals surface area contributed by atoms with Gasteiger partial charge in [0.1, 0.15) is 18.2 Å². The Balaban J connectivity index is 1.53. The van der Waals surface area contributed by atoms with Gasteiger partial charge in [-0.05, 0) is 49.2 Å². The van der Waals surface area contributed by atoms with Crippen LogP contribution in [0.3, 0.4) is 0 Å². The lowest BCUT2D eigenvalue weighted by Gasteiger charge is -2.17. The Labute approximate surface area is 178 Å². The average molecular weight is 447 g/mol. The van der Waals surface area contributed by atoms with Gasteiger partial charge in [0, 0.05) is 20.0 Å². The molecule has 0 aliphatic rings. The Kier molecular flexibility index (Phi) is 6.81. The summed E-state index contributed by atoms with van der Waals surface area (Å²) in [4.78, 5) is 31.1. The van der Waals surface area contributed by atoms with E-state index in [0.29, 0.717) is 10.9 Å². The molecular formula is C21H22FN3O5S. The molecule has 0 aliphatic carbocycles. The van der Waals surface area contributed by atoms with Gasteiger partial charge in [0.05, 0.1) is 15.8 Å². The number of aryl methyl sites for hydroxylation is 1. The summed E-state index contributed by atoms with van der Waals surface area (Å²) in [5.74, 6) is -0.835. The number of para-hydroxylation sites is 1. The number of esters is 1. The molecule has 0 unspecified atom stereocenters. The van der Waals surface area contributed by atoms with Crippen LogP contribution in [0, 0.1) is 12.7 Å². The maximum atomic E-state index is 13.0. The molecule has 0 saturated carbocycles. The van der Waals surface area contributed by atoms with Crippen LogP contribution in [0.4, 0.5) is 4.39 Å². The molecule has 3 aromatic rings. The molecule has 0 saturated heterocycles. The zero-order chi connectivity index (χ0) is 22.6. The van der Waals surface area contributed by atoms with Crippen molar-refractivity contribution in [1.29, 1.82) is 0 Å². The van der Waals surface area contributed by atoms with Crippen molar-refractivity contribution in [2.24, 2.45) is 0 Å². The quantitative estimate of drug-likeness (QED) is 0.532. The van der Waals surface area contributed by atoms with Gasteiger partial charge >= 0.3 is 5.97 Å². The van der Waals surface area contributed by atoms with Crippen LogP contribution >= 0.6 is 0 Å². The van der Waals surface area contributed by atoms with E-state index in [2.05, 4.69) is 9.97 Å². The predicted molar refractivity (Wildman–Crippen MR) is 112 cm³/mol. The Morgan fingerprint density at radius 3 is 2.61 bits per heavy atom. The summed E-state index contributed by atoms with van der Waals surface area (Å²) in [6, 6.07) is 9.79. The van der Waals surface area contributed by atoms with Crippen molar-refractivity contribution < 1.29 is 22.3 Å². The van der Waals surface area contributed by atoms with Crippen LogP contribution in [-0.2, 0) is 26.2 Å². The molecule has 1 heterocycles. The minimum Gasteiger partial charge on any atom is -0.458 e. The third-order valence-electron chi connectivity index (χ3n) is 4.73.